The molecule has 4 rings (SSSR count). The highest BCUT2D eigenvalue weighted by Gasteiger charge is 2.34. The number of carbonyl (C=O) groups is 2. The number of para-hydroxylation sites is 1. The fraction of sp³-hybridized carbons (Fsp3) is 0.333. The van der Waals surface area contributed by atoms with Gasteiger partial charge in [-0.15, -0.1) is 0 Å². The maximum atomic E-state index is 14.1. The molecule has 3 aromatic carbocycles. The van der Waals surface area contributed by atoms with Gasteiger partial charge in [0.25, 0.3) is 10.0 Å². The molecule has 1 saturated carbocycles. The number of anilines is 1. The van der Waals surface area contributed by atoms with Crippen LogP contribution in [0.25, 0.3) is 0 Å². The Morgan fingerprint density at radius 3 is 2.24 bits per heavy atom. The molecule has 218 valence electrons. The predicted octanol–water partition coefficient (Wildman–Crippen LogP) is 6.63. The van der Waals surface area contributed by atoms with Crippen molar-refractivity contribution in [3.8, 4) is 0 Å². The average molecular weight is 637 g/mol. The minimum Gasteiger partial charge on any atom is -0.352 e. The van der Waals surface area contributed by atoms with E-state index in [4.69, 9.17) is 34.8 Å². The van der Waals surface area contributed by atoms with E-state index in [0.29, 0.717) is 31.9 Å². The van der Waals surface area contributed by atoms with Gasteiger partial charge in [-0.1, -0.05) is 71.9 Å². The second-order valence-corrected chi connectivity index (χ2v) is 13.3. The molecule has 41 heavy (non-hydrogen) atoms. The maximum absolute atomic E-state index is 14.1. The second kappa shape index (κ2) is 13.5. The lowest BCUT2D eigenvalue weighted by atomic mass is 10.1. The minimum absolute atomic E-state index is 0.0130. The monoisotopic (exact) mass is 635 g/mol. The normalized spacial score (nSPS) is 14.5. The highest BCUT2D eigenvalue weighted by molar-refractivity contribution is 7.92. The van der Waals surface area contributed by atoms with Gasteiger partial charge in [-0.2, -0.15) is 0 Å². The minimum atomic E-state index is -4.18. The number of benzene rings is 3. The Morgan fingerprint density at radius 2 is 1.61 bits per heavy atom. The Labute approximate surface area is 256 Å². The topological polar surface area (TPSA) is 86.8 Å². The van der Waals surface area contributed by atoms with Crippen LogP contribution in [0, 0.1) is 6.92 Å². The first-order valence-corrected chi connectivity index (χ1v) is 15.9. The summed E-state index contributed by atoms with van der Waals surface area (Å²) in [5, 5.41) is 4.11. The lowest BCUT2D eigenvalue weighted by Crippen LogP contribution is -2.52. The summed E-state index contributed by atoms with van der Waals surface area (Å²) in [7, 11) is -4.18. The third-order valence-corrected chi connectivity index (χ3v) is 10.0. The summed E-state index contributed by atoms with van der Waals surface area (Å²) in [4.78, 5) is 28.8. The smallest absolute Gasteiger partial charge is 0.264 e. The number of hydrogen-bond acceptors (Lipinski definition) is 4. The van der Waals surface area contributed by atoms with E-state index in [1.165, 1.54) is 29.2 Å². The van der Waals surface area contributed by atoms with E-state index in [9.17, 15) is 18.0 Å². The average Bonchev–Trinajstić information content (AvgIpc) is 3.45. The number of nitrogens with one attached hydrogen (secondary N) is 1. The van der Waals surface area contributed by atoms with E-state index < -0.39 is 28.5 Å². The van der Waals surface area contributed by atoms with Gasteiger partial charge < -0.3 is 10.2 Å². The van der Waals surface area contributed by atoms with Gasteiger partial charge in [0, 0.05) is 17.6 Å². The summed E-state index contributed by atoms with van der Waals surface area (Å²) in [6.07, 6.45) is 3.86. The summed E-state index contributed by atoms with van der Waals surface area (Å²) in [6.45, 7) is 2.91. The molecule has 0 spiro atoms. The van der Waals surface area contributed by atoms with Crippen LogP contribution in [0.1, 0.15) is 43.7 Å². The summed E-state index contributed by atoms with van der Waals surface area (Å²) in [6, 6.07) is 16.8. The molecule has 11 heteroatoms. The van der Waals surface area contributed by atoms with Crippen molar-refractivity contribution in [1.82, 2.24) is 10.2 Å². The first-order valence-electron chi connectivity index (χ1n) is 13.3. The third-order valence-electron chi connectivity index (χ3n) is 7.27. The van der Waals surface area contributed by atoms with Crippen molar-refractivity contribution in [2.75, 3.05) is 10.8 Å². The van der Waals surface area contributed by atoms with Gasteiger partial charge in [0.2, 0.25) is 11.8 Å². The quantitative estimate of drug-likeness (QED) is 0.271. The van der Waals surface area contributed by atoms with Crippen LogP contribution in [0.5, 0.6) is 0 Å². The van der Waals surface area contributed by atoms with Crippen molar-refractivity contribution < 1.29 is 18.0 Å². The van der Waals surface area contributed by atoms with Crippen LogP contribution < -0.4 is 9.62 Å². The van der Waals surface area contributed by atoms with Crippen LogP contribution in [0.15, 0.2) is 71.6 Å². The fourth-order valence-electron chi connectivity index (χ4n) is 4.90. The molecule has 0 radical (unpaired) electrons. The molecule has 7 nitrogen and oxygen atoms in total. The molecule has 0 heterocycles. The lowest BCUT2D eigenvalue weighted by Gasteiger charge is -2.33. The van der Waals surface area contributed by atoms with Crippen LogP contribution in [-0.2, 0) is 26.2 Å². The first kappa shape index (κ1) is 31.2. The summed E-state index contributed by atoms with van der Waals surface area (Å²) < 4.78 is 28.9. The van der Waals surface area contributed by atoms with Crippen LogP contribution in [0.3, 0.4) is 0 Å². The lowest BCUT2D eigenvalue weighted by molar-refractivity contribution is -0.139. The second-order valence-electron chi connectivity index (χ2n) is 10.2. The Kier molecular flexibility index (Phi) is 10.2. The highest BCUT2D eigenvalue weighted by atomic mass is 35.5. The number of sulfonamides is 1. The van der Waals surface area contributed by atoms with Gasteiger partial charge >= 0.3 is 0 Å². The molecule has 0 aliphatic heterocycles. The van der Waals surface area contributed by atoms with Crippen molar-refractivity contribution >= 4 is 62.3 Å². The molecule has 2 amide bonds. The molecule has 1 aliphatic rings. The van der Waals surface area contributed by atoms with Gasteiger partial charge in [-0.3, -0.25) is 13.9 Å². The number of carbonyl (C=O) groups excluding carboxylic acids is 2. The van der Waals surface area contributed by atoms with Gasteiger partial charge in [-0.05, 0) is 80.3 Å². The zero-order chi connectivity index (χ0) is 29.7. The van der Waals surface area contributed by atoms with Crippen molar-refractivity contribution in [1.29, 1.82) is 0 Å². The van der Waals surface area contributed by atoms with E-state index in [2.05, 4.69) is 5.32 Å². The van der Waals surface area contributed by atoms with Gasteiger partial charge in [0.1, 0.15) is 12.6 Å². The van der Waals surface area contributed by atoms with E-state index in [-0.39, 0.29) is 23.4 Å². The Morgan fingerprint density at radius 1 is 0.951 bits per heavy atom. The SMILES string of the molecule is Cc1ccccc1N(CC(=O)N(Cc1ccc(Cl)c(Cl)c1)[C@@H](C)C(=O)NC1CCCC1)S(=O)(=O)c1ccc(Cl)cc1. The largest absolute Gasteiger partial charge is 0.352 e. The third kappa shape index (κ3) is 7.55. The number of hydrogen-bond donors (Lipinski definition) is 1. The van der Waals surface area contributed by atoms with Crippen molar-refractivity contribution in [2.45, 2.75) is 63.1 Å². The first-order chi connectivity index (χ1) is 19.5. The molecule has 0 saturated heterocycles. The molecule has 1 fully saturated rings. The number of aryl methyl sites for hydroxylation is 1. The molecular formula is C30H32Cl3N3O4S. The summed E-state index contributed by atoms with van der Waals surface area (Å²) in [5.74, 6) is -0.848. The van der Waals surface area contributed by atoms with E-state index in [0.717, 1.165) is 30.0 Å². The fourth-order valence-corrected chi connectivity index (χ4v) is 6.82. The van der Waals surface area contributed by atoms with Crippen LogP contribution in [-0.4, -0.2) is 43.8 Å². The van der Waals surface area contributed by atoms with Crippen LogP contribution >= 0.6 is 34.8 Å². The van der Waals surface area contributed by atoms with E-state index in [1.807, 2.05) is 0 Å². The van der Waals surface area contributed by atoms with Gasteiger partial charge in [0.15, 0.2) is 0 Å². The van der Waals surface area contributed by atoms with Crippen molar-refractivity contribution in [3.63, 3.8) is 0 Å². The maximum Gasteiger partial charge on any atom is 0.264 e. The number of amides is 2. The standard InChI is InChI=1S/C30H32Cl3N3O4S/c1-20-7-3-6-10-28(20)36(41(39,40)25-14-12-23(31)13-15-25)19-29(37)35(18-22-11-16-26(32)27(33)17-22)21(2)30(38)34-24-8-4-5-9-24/h3,6-7,10-17,21,24H,4-5,8-9,18-19H2,1-2H3,(H,34,38)/t21-/m0/s1. The highest BCUT2D eigenvalue weighted by Crippen LogP contribution is 2.29. The molecule has 1 atom stereocenters. The molecule has 3 aromatic rings. The number of nitrogens with zero attached hydrogens (tertiary/aromatic N) is 2. The summed E-state index contributed by atoms with van der Waals surface area (Å²) in [5.41, 5.74) is 1.67. The number of halogens is 3. The summed E-state index contributed by atoms with van der Waals surface area (Å²) >= 11 is 18.3. The van der Waals surface area contributed by atoms with Gasteiger partial charge in [-0.25, -0.2) is 8.42 Å². The van der Waals surface area contributed by atoms with Crippen LogP contribution in [0.2, 0.25) is 15.1 Å². The van der Waals surface area contributed by atoms with E-state index >= 15 is 0 Å². The Balaban J connectivity index is 1.70. The molecule has 0 aromatic heterocycles. The Hall–Kier alpha value is -2.78. The van der Waals surface area contributed by atoms with E-state index in [1.54, 1.807) is 56.3 Å². The van der Waals surface area contributed by atoms with Crippen molar-refractivity contribution in [2.24, 2.45) is 0 Å². The molecule has 1 aliphatic carbocycles. The number of rotatable bonds is 10. The molecular weight excluding hydrogens is 605 g/mol. The zero-order valence-electron chi connectivity index (χ0n) is 22.8. The predicted molar refractivity (Wildman–Crippen MR) is 164 cm³/mol. The van der Waals surface area contributed by atoms with Crippen LogP contribution in [0.4, 0.5) is 5.69 Å². The molecule has 0 unspecified atom stereocenters. The van der Waals surface area contributed by atoms with Gasteiger partial charge in [0.05, 0.1) is 20.6 Å². The Bertz CT molecular complexity index is 1510. The molecule has 1 N–H and O–H groups in total. The molecule has 0 bridgehead atoms. The van der Waals surface area contributed by atoms with Crippen molar-refractivity contribution in [3.05, 3.63) is 92.9 Å². The zero-order valence-corrected chi connectivity index (χ0v) is 25.9.